The average molecular weight is 390 g/mol. The number of hydrogen-bond acceptors (Lipinski definition) is 3. The van der Waals surface area contributed by atoms with E-state index < -0.39 is 29.1 Å². The average Bonchev–Trinajstić information content (AvgIpc) is 2.96. The van der Waals surface area contributed by atoms with Gasteiger partial charge in [-0.25, -0.2) is 13.7 Å². The Morgan fingerprint density at radius 3 is 2.24 bits per heavy atom. The first-order valence-electron chi connectivity index (χ1n) is 8.93. The van der Waals surface area contributed by atoms with Crippen LogP contribution in [0.2, 0.25) is 0 Å². The van der Waals surface area contributed by atoms with Crippen LogP contribution in [0.4, 0.5) is 20.2 Å². The lowest BCUT2D eigenvalue weighted by Crippen LogP contribution is -2.33. The van der Waals surface area contributed by atoms with Crippen LogP contribution in [0.25, 0.3) is 5.57 Å². The predicted octanol–water partition coefficient (Wildman–Crippen LogP) is 4.67. The molecule has 0 saturated heterocycles. The number of aryl methyl sites for hydroxylation is 1. The number of amides is 2. The van der Waals surface area contributed by atoms with Crippen molar-refractivity contribution in [2.75, 3.05) is 10.2 Å². The van der Waals surface area contributed by atoms with E-state index in [0.717, 1.165) is 23.8 Å². The van der Waals surface area contributed by atoms with Crippen molar-refractivity contribution in [1.29, 1.82) is 0 Å². The van der Waals surface area contributed by atoms with E-state index in [-0.39, 0.29) is 11.3 Å². The Hall–Kier alpha value is -3.80. The Bertz CT molecular complexity index is 1160. The number of rotatable bonds is 4. The molecule has 3 aromatic carbocycles. The number of para-hydroxylation sites is 1. The van der Waals surface area contributed by atoms with Crippen LogP contribution in [-0.2, 0) is 9.59 Å². The van der Waals surface area contributed by atoms with Crippen molar-refractivity contribution in [2.24, 2.45) is 0 Å². The quantitative estimate of drug-likeness (QED) is 0.659. The van der Waals surface area contributed by atoms with Crippen molar-refractivity contribution in [3.63, 3.8) is 0 Å². The zero-order chi connectivity index (χ0) is 20.5. The van der Waals surface area contributed by atoms with Crippen LogP contribution in [0.5, 0.6) is 0 Å². The lowest BCUT2D eigenvalue weighted by atomic mass is 10.0. The highest BCUT2D eigenvalue weighted by Crippen LogP contribution is 2.35. The van der Waals surface area contributed by atoms with Gasteiger partial charge >= 0.3 is 0 Å². The zero-order valence-electron chi connectivity index (χ0n) is 15.4. The Morgan fingerprint density at radius 2 is 1.52 bits per heavy atom. The number of benzene rings is 3. The van der Waals surface area contributed by atoms with Crippen molar-refractivity contribution in [2.45, 2.75) is 6.92 Å². The molecule has 144 valence electrons. The first-order chi connectivity index (χ1) is 14.0. The van der Waals surface area contributed by atoms with Crippen molar-refractivity contribution >= 4 is 28.8 Å². The summed E-state index contributed by atoms with van der Waals surface area (Å²) in [6.07, 6.45) is 0. The topological polar surface area (TPSA) is 49.4 Å². The maximum atomic E-state index is 14.4. The molecule has 0 aromatic heterocycles. The maximum absolute atomic E-state index is 14.4. The van der Waals surface area contributed by atoms with Crippen LogP contribution in [-0.4, -0.2) is 11.8 Å². The highest BCUT2D eigenvalue weighted by molar-refractivity contribution is 6.46. The van der Waals surface area contributed by atoms with Crippen molar-refractivity contribution in [3.8, 4) is 0 Å². The van der Waals surface area contributed by atoms with Gasteiger partial charge in [0.05, 0.1) is 11.3 Å². The molecule has 0 fully saturated rings. The second-order valence-electron chi connectivity index (χ2n) is 6.60. The number of halogens is 2. The van der Waals surface area contributed by atoms with Gasteiger partial charge in [-0.2, -0.15) is 0 Å². The molecule has 4 rings (SSSR count). The summed E-state index contributed by atoms with van der Waals surface area (Å²) in [5.74, 6) is -3.08. The van der Waals surface area contributed by atoms with E-state index >= 15 is 0 Å². The SMILES string of the molecule is Cc1ccccc1NC1=C(c2ccccc2)C(=O)N(c2cc(F)ccc2F)C1=O. The van der Waals surface area contributed by atoms with Gasteiger partial charge in [-0.15, -0.1) is 0 Å². The summed E-state index contributed by atoms with van der Waals surface area (Å²) >= 11 is 0. The zero-order valence-corrected chi connectivity index (χ0v) is 15.4. The number of anilines is 2. The molecular formula is C23H16F2N2O2. The smallest absolute Gasteiger partial charge is 0.282 e. The fourth-order valence-electron chi connectivity index (χ4n) is 3.24. The molecule has 0 aliphatic carbocycles. The molecule has 0 saturated carbocycles. The summed E-state index contributed by atoms with van der Waals surface area (Å²) in [6.45, 7) is 1.86. The summed E-state index contributed by atoms with van der Waals surface area (Å²) in [4.78, 5) is 27.0. The molecule has 0 bridgehead atoms. The summed E-state index contributed by atoms with van der Waals surface area (Å²) in [5.41, 5.74) is 1.69. The minimum Gasteiger partial charge on any atom is -0.350 e. The van der Waals surface area contributed by atoms with Crippen LogP contribution < -0.4 is 10.2 Å². The molecular weight excluding hydrogens is 374 g/mol. The van der Waals surface area contributed by atoms with E-state index in [1.807, 2.05) is 19.1 Å². The molecule has 6 heteroatoms. The van der Waals surface area contributed by atoms with E-state index in [9.17, 15) is 18.4 Å². The first kappa shape index (κ1) is 18.6. The van der Waals surface area contributed by atoms with E-state index in [4.69, 9.17) is 0 Å². The molecule has 1 heterocycles. The molecule has 0 radical (unpaired) electrons. The third-order valence-electron chi connectivity index (χ3n) is 4.70. The summed E-state index contributed by atoms with van der Waals surface area (Å²) in [7, 11) is 0. The van der Waals surface area contributed by atoms with Crippen LogP contribution in [0.15, 0.2) is 78.5 Å². The molecule has 29 heavy (non-hydrogen) atoms. The Labute approximate surface area is 166 Å². The first-order valence-corrected chi connectivity index (χ1v) is 8.93. The van der Waals surface area contributed by atoms with Gasteiger partial charge in [-0.1, -0.05) is 48.5 Å². The van der Waals surface area contributed by atoms with Crippen LogP contribution in [0.1, 0.15) is 11.1 Å². The summed E-state index contributed by atoms with van der Waals surface area (Å²) < 4.78 is 28.1. The lowest BCUT2D eigenvalue weighted by Gasteiger charge is -2.16. The van der Waals surface area contributed by atoms with E-state index in [1.165, 1.54) is 0 Å². The Balaban J connectivity index is 1.86. The maximum Gasteiger partial charge on any atom is 0.282 e. The number of carbonyl (C=O) groups is 2. The van der Waals surface area contributed by atoms with Gasteiger partial charge in [0.2, 0.25) is 0 Å². The molecule has 1 aliphatic rings. The van der Waals surface area contributed by atoms with E-state index in [0.29, 0.717) is 16.2 Å². The largest absolute Gasteiger partial charge is 0.350 e. The Kier molecular flexibility index (Phi) is 4.68. The van der Waals surface area contributed by atoms with Crippen LogP contribution >= 0.6 is 0 Å². The third kappa shape index (κ3) is 3.29. The number of nitrogens with one attached hydrogen (secondary N) is 1. The van der Waals surface area contributed by atoms with Gasteiger partial charge in [-0.05, 0) is 36.2 Å². The Morgan fingerprint density at radius 1 is 0.828 bits per heavy atom. The monoisotopic (exact) mass is 390 g/mol. The molecule has 0 spiro atoms. The number of nitrogens with zero attached hydrogens (tertiary/aromatic N) is 1. The summed E-state index contributed by atoms with van der Waals surface area (Å²) in [5, 5.41) is 3.02. The summed E-state index contributed by atoms with van der Waals surface area (Å²) in [6, 6.07) is 18.6. The lowest BCUT2D eigenvalue weighted by molar-refractivity contribution is -0.120. The molecule has 2 amide bonds. The molecule has 1 N–H and O–H groups in total. The molecule has 4 nitrogen and oxygen atoms in total. The van der Waals surface area contributed by atoms with Gasteiger partial charge in [0.1, 0.15) is 17.3 Å². The van der Waals surface area contributed by atoms with Crippen molar-refractivity contribution in [3.05, 3.63) is 101 Å². The highest BCUT2D eigenvalue weighted by atomic mass is 19.1. The fraction of sp³-hybridized carbons (Fsp3) is 0.0435. The van der Waals surface area contributed by atoms with Crippen LogP contribution in [0.3, 0.4) is 0 Å². The van der Waals surface area contributed by atoms with Gasteiger partial charge in [0, 0.05) is 11.8 Å². The van der Waals surface area contributed by atoms with Crippen molar-refractivity contribution in [1.82, 2.24) is 0 Å². The predicted molar refractivity (Wildman–Crippen MR) is 107 cm³/mol. The van der Waals surface area contributed by atoms with Gasteiger partial charge in [0.25, 0.3) is 11.8 Å². The highest BCUT2D eigenvalue weighted by Gasteiger charge is 2.41. The third-order valence-corrected chi connectivity index (χ3v) is 4.70. The second-order valence-corrected chi connectivity index (χ2v) is 6.60. The van der Waals surface area contributed by atoms with Crippen LogP contribution in [0, 0.1) is 18.6 Å². The molecule has 3 aromatic rings. The van der Waals surface area contributed by atoms with Gasteiger partial charge in [0.15, 0.2) is 0 Å². The van der Waals surface area contributed by atoms with E-state index in [1.54, 1.807) is 42.5 Å². The van der Waals surface area contributed by atoms with Gasteiger partial charge in [-0.3, -0.25) is 9.59 Å². The minimum absolute atomic E-state index is 0.0131. The van der Waals surface area contributed by atoms with Crippen molar-refractivity contribution < 1.29 is 18.4 Å². The van der Waals surface area contributed by atoms with Gasteiger partial charge < -0.3 is 5.32 Å². The minimum atomic E-state index is -0.863. The molecule has 0 unspecified atom stereocenters. The standard InChI is InChI=1S/C23H16F2N2O2/c1-14-7-5-6-10-18(14)26-21-20(15-8-3-2-4-9-15)22(28)27(23(21)29)19-13-16(24)11-12-17(19)25/h2-13,26H,1H3. The second kappa shape index (κ2) is 7.31. The molecule has 1 aliphatic heterocycles. The number of hydrogen-bond donors (Lipinski definition) is 1. The molecule has 0 atom stereocenters. The normalized spacial score (nSPS) is 14.0. The van der Waals surface area contributed by atoms with E-state index in [2.05, 4.69) is 5.32 Å². The number of imide groups is 1. The fourth-order valence-corrected chi connectivity index (χ4v) is 3.24. The number of carbonyl (C=O) groups excluding carboxylic acids is 2.